The van der Waals surface area contributed by atoms with Crippen LogP contribution in [0, 0.1) is 11.3 Å². The second-order valence-electron chi connectivity index (χ2n) is 5.19. The second kappa shape index (κ2) is 6.76. The monoisotopic (exact) mass is 289 g/mol. The zero-order valence-electron chi connectivity index (χ0n) is 12.1. The number of nitriles is 1. The first-order chi connectivity index (χ1) is 9.71. The lowest BCUT2D eigenvalue weighted by Gasteiger charge is -2.17. The SMILES string of the molecule is CCCCCC(C)n1c(CCl)nc2ccc(C#N)cc21. The molecule has 106 valence electrons. The van der Waals surface area contributed by atoms with Gasteiger partial charge >= 0.3 is 0 Å². The summed E-state index contributed by atoms with van der Waals surface area (Å²) >= 11 is 6.03. The molecule has 0 radical (unpaired) electrons. The van der Waals surface area contributed by atoms with E-state index in [9.17, 15) is 0 Å². The molecule has 3 nitrogen and oxygen atoms in total. The summed E-state index contributed by atoms with van der Waals surface area (Å²) in [6.45, 7) is 4.41. The first-order valence-electron chi connectivity index (χ1n) is 7.18. The zero-order chi connectivity index (χ0) is 14.5. The molecule has 1 unspecified atom stereocenters. The Morgan fingerprint density at radius 3 is 2.85 bits per heavy atom. The summed E-state index contributed by atoms with van der Waals surface area (Å²) in [6, 6.07) is 8.16. The highest BCUT2D eigenvalue weighted by Gasteiger charge is 2.15. The van der Waals surface area contributed by atoms with Gasteiger partial charge in [-0.05, 0) is 31.5 Å². The van der Waals surface area contributed by atoms with Crippen LogP contribution in [0.15, 0.2) is 18.2 Å². The van der Waals surface area contributed by atoms with E-state index in [2.05, 4.69) is 29.5 Å². The van der Waals surface area contributed by atoms with Gasteiger partial charge in [0.15, 0.2) is 0 Å². The smallest absolute Gasteiger partial charge is 0.125 e. The van der Waals surface area contributed by atoms with Crippen LogP contribution in [0.5, 0.6) is 0 Å². The van der Waals surface area contributed by atoms with Crippen LogP contribution in [0.25, 0.3) is 11.0 Å². The highest BCUT2D eigenvalue weighted by molar-refractivity contribution is 6.16. The van der Waals surface area contributed by atoms with E-state index in [0.29, 0.717) is 17.5 Å². The van der Waals surface area contributed by atoms with Gasteiger partial charge in [0, 0.05) is 6.04 Å². The van der Waals surface area contributed by atoms with E-state index in [1.54, 1.807) is 6.07 Å². The lowest BCUT2D eigenvalue weighted by Crippen LogP contribution is -2.08. The van der Waals surface area contributed by atoms with E-state index in [1.807, 2.05) is 12.1 Å². The largest absolute Gasteiger partial charge is 0.324 e. The van der Waals surface area contributed by atoms with Gasteiger partial charge in [0.1, 0.15) is 5.82 Å². The summed E-state index contributed by atoms with van der Waals surface area (Å²) in [5, 5.41) is 9.06. The molecule has 2 rings (SSSR count). The van der Waals surface area contributed by atoms with E-state index in [4.69, 9.17) is 16.9 Å². The van der Waals surface area contributed by atoms with Gasteiger partial charge in [-0.2, -0.15) is 5.26 Å². The number of fused-ring (bicyclic) bond motifs is 1. The molecule has 1 heterocycles. The molecule has 1 aromatic heterocycles. The molecule has 0 fully saturated rings. The van der Waals surface area contributed by atoms with Crippen molar-refractivity contribution in [2.75, 3.05) is 0 Å². The Morgan fingerprint density at radius 2 is 2.20 bits per heavy atom. The third-order valence-electron chi connectivity index (χ3n) is 3.68. The molecule has 4 heteroatoms. The molecule has 0 aliphatic rings. The van der Waals surface area contributed by atoms with Gasteiger partial charge in [-0.1, -0.05) is 26.2 Å². The van der Waals surface area contributed by atoms with E-state index in [0.717, 1.165) is 23.3 Å². The fourth-order valence-electron chi connectivity index (χ4n) is 2.62. The third kappa shape index (κ3) is 2.96. The number of halogens is 1. The van der Waals surface area contributed by atoms with Crippen LogP contribution in [0.2, 0.25) is 0 Å². The molecule has 20 heavy (non-hydrogen) atoms. The number of hydrogen-bond donors (Lipinski definition) is 0. The molecule has 0 spiro atoms. The molecule has 0 N–H and O–H groups in total. The van der Waals surface area contributed by atoms with Crippen molar-refractivity contribution < 1.29 is 0 Å². The van der Waals surface area contributed by atoms with E-state index in [1.165, 1.54) is 19.3 Å². The summed E-state index contributed by atoms with van der Waals surface area (Å²) in [6.07, 6.45) is 4.78. The summed E-state index contributed by atoms with van der Waals surface area (Å²) in [4.78, 5) is 4.58. The van der Waals surface area contributed by atoms with Gasteiger partial charge in [0.25, 0.3) is 0 Å². The van der Waals surface area contributed by atoms with Gasteiger partial charge in [-0.25, -0.2) is 4.98 Å². The molecule has 2 aromatic rings. The highest BCUT2D eigenvalue weighted by Crippen LogP contribution is 2.26. The topological polar surface area (TPSA) is 41.6 Å². The van der Waals surface area contributed by atoms with E-state index >= 15 is 0 Å². The minimum absolute atomic E-state index is 0.356. The molecule has 1 aromatic carbocycles. The van der Waals surface area contributed by atoms with Crippen LogP contribution in [0.4, 0.5) is 0 Å². The number of hydrogen-bond acceptors (Lipinski definition) is 2. The maximum atomic E-state index is 9.06. The van der Waals surface area contributed by atoms with Gasteiger partial charge in [-0.3, -0.25) is 0 Å². The lowest BCUT2D eigenvalue weighted by atomic mass is 10.1. The average molecular weight is 290 g/mol. The minimum Gasteiger partial charge on any atom is -0.324 e. The molecule has 0 aliphatic carbocycles. The maximum absolute atomic E-state index is 9.06. The quantitative estimate of drug-likeness (QED) is 0.567. The van der Waals surface area contributed by atoms with Crippen molar-refractivity contribution in [2.24, 2.45) is 0 Å². The molecule has 1 atom stereocenters. The van der Waals surface area contributed by atoms with Gasteiger partial charge in [0.05, 0.1) is 28.5 Å². The van der Waals surface area contributed by atoms with Crippen LogP contribution in [0.1, 0.15) is 57.0 Å². The third-order valence-corrected chi connectivity index (χ3v) is 3.92. The number of benzene rings is 1. The number of alkyl halides is 1. The fourth-order valence-corrected chi connectivity index (χ4v) is 2.81. The first kappa shape index (κ1) is 14.9. The first-order valence-corrected chi connectivity index (χ1v) is 7.71. The van der Waals surface area contributed by atoms with Gasteiger partial charge in [-0.15, -0.1) is 11.6 Å². The Balaban J connectivity index is 2.40. The molecule has 0 bridgehead atoms. The maximum Gasteiger partial charge on any atom is 0.125 e. The molecule has 0 saturated carbocycles. The Morgan fingerprint density at radius 1 is 1.40 bits per heavy atom. The molecule has 0 aliphatic heterocycles. The van der Waals surface area contributed by atoms with Crippen LogP contribution in [0.3, 0.4) is 0 Å². The van der Waals surface area contributed by atoms with Crippen LogP contribution in [-0.4, -0.2) is 9.55 Å². The Kier molecular flexibility index (Phi) is 5.03. The average Bonchev–Trinajstić information content (AvgIpc) is 2.84. The molecular formula is C16H20ClN3. The standard InChI is InChI=1S/C16H20ClN3/c1-3-4-5-6-12(2)20-15-9-13(11-18)7-8-14(15)19-16(20)10-17/h7-9,12H,3-6,10H2,1-2H3. The van der Waals surface area contributed by atoms with Crippen LogP contribution >= 0.6 is 11.6 Å². The number of aromatic nitrogens is 2. The number of unbranched alkanes of at least 4 members (excludes halogenated alkanes) is 2. The summed E-state index contributed by atoms with van der Waals surface area (Å²) in [5.41, 5.74) is 2.60. The minimum atomic E-state index is 0.356. The Bertz CT molecular complexity index is 624. The van der Waals surface area contributed by atoms with Crippen molar-refractivity contribution in [3.63, 3.8) is 0 Å². The van der Waals surface area contributed by atoms with Crippen molar-refractivity contribution in [1.29, 1.82) is 5.26 Å². The molecular weight excluding hydrogens is 270 g/mol. The van der Waals surface area contributed by atoms with Crippen molar-refractivity contribution >= 4 is 22.6 Å². The summed E-state index contributed by atoms with van der Waals surface area (Å²) < 4.78 is 2.19. The lowest BCUT2D eigenvalue weighted by molar-refractivity contribution is 0.477. The number of nitrogens with zero attached hydrogens (tertiary/aromatic N) is 3. The highest BCUT2D eigenvalue weighted by atomic mass is 35.5. The molecule has 0 saturated heterocycles. The predicted octanol–water partition coefficient (Wildman–Crippen LogP) is 4.79. The van der Waals surface area contributed by atoms with Gasteiger partial charge < -0.3 is 4.57 Å². The van der Waals surface area contributed by atoms with Crippen LogP contribution < -0.4 is 0 Å². The zero-order valence-corrected chi connectivity index (χ0v) is 12.8. The normalized spacial score (nSPS) is 12.5. The predicted molar refractivity (Wildman–Crippen MR) is 82.9 cm³/mol. The number of rotatable bonds is 6. The summed E-state index contributed by atoms with van der Waals surface area (Å²) in [5.74, 6) is 1.29. The van der Waals surface area contributed by atoms with Crippen molar-refractivity contribution in [2.45, 2.75) is 51.5 Å². The summed E-state index contributed by atoms with van der Waals surface area (Å²) in [7, 11) is 0. The van der Waals surface area contributed by atoms with Crippen molar-refractivity contribution in [3.05, 3.63) is 29.6 Å². The second-order valence-corrected chi connectivity index (χ2v) is 5.46. The van der Waals surface area contributed by atoms with E-state index < -0.39 is 0 Å². The molecule has 0 amide bonds. The van der Waals surface area contributed by atoms with Crippen molar-refractivity contribution in [3.8, 4) is 6.07 Å². The van der Waals surface area contributed by atoms with Crippen molar-refractivity contribution in [1.82, 2.24) is 9.55 Å². The fraction of sp³-hybridized carbons (Fsp3) is 0.500. The van der Waals surface area contributed by atoms with Crippen LogP contribution in [-0.2, 0) is 5.88 Å². The Hall–Kier alpha value is -1.53. The van der Waals surface area contributed by atoms with Gasteiger partial charge in [0.2, 0.25) is 0 Å². The number of imidazole rings is 1. The Labute approximate surface area is 125 Å². The van der Waals surface area contributed by atoms with E-state index in [-0.39, 0.29) is 0 Å².